The summed E-state index contributed by atoms with van der Waals surface area (Å²) in [5, 5.41) is 8.41. The topological polar surface area (TPSA) is 39.1 Å². The molecule has 1 N–H and O–H groups in total. The van der Waals surface area contributed by atoms with E-state index in [4.69, 9.17) is 16.3 Å². The number of benzene rings is 1. The first-order valence-electron chi connectivity index (χ1n) is 7.08. The van der Waals surface area contributed by atoms with Crippen LogP contribution in [0.5, 0.6) is 5.75 Å². The van der Waals surface area contributed by atoms with Crippen molar-refractivity contribution in [2.24, 2.45) is 0 Å². The first-order valence-corrected chi connectivity index (χ1v) is 7.46. The molecule has 0 aliphatic carbocycles. The molecule has 21 heavy (non-hydrogen) atoms. The fraction of sp³-hybridized carbons (Fsp3) is 0.438. The summed E-state index contributed by atoms with van der Waals surface area (Å²) in [6.45, 7) is 7.73. The summed E-state index contributed by atoms with van der Waals surface area (Å²) in [7, 11) is 1.69. The molecule has 0 saturated carbocycles. The number of nitrogens with zero attached hydrogens (tertiary/aromatic N) is 2. The average molecular weight is 308 g/mol. The van der Waals surface area contributed by atoms with Crippen LogP contribution in [0.4, 0.5) is 0 Å². The van der Waals surface area contributed by atoms with Gasteiger partial charge in [0.1, 0.15) is 5.75 Å². The van der Waals surface area contributed by atoms with Crippen LogP contribution in [-0.4, -0.2) is 22.9 Å². The lowest BCUT2D eigenvalue weighted by atomic mass is 10.1. The van der Waals surface area contributed by atoms with Crippen LogP contribution in [0.15, 0.2) is 24.4 Å². The fourth-order valence-corrected chi connectivity index (χ4v) is 2.27. The zero-order chi connectivity index (χ0) is 15.4. The van der Waals surface area contributed by atoms with Gasteiger partial charge in [-0.1, -0.05) is 31.5 Å². The first-order chi connectivity index (χ1) is 10.0. The third-order valence-corrected chi connectivity index (χ3v) is 3.79. The van der Waals surface area contributed by atoms with E-state index in [1.807, 2.05) is 17.7 Å². The highest BCUT2D eigenvalue weighted by molar-refractivity contribution is 6.31. The lowest BCUT2D eigenvalue weighted by molar-refractivity contribution is 0.406. The molecule has 1 aromatic carbocycles. The molecule has 0 aliphatic heterocycles. The molecule has 1 aromatic heterocycles. The Bertz CT molecular complexity index is 608. The van der Waals surface area contributed by atoms with Crippen LogP contribution in [-0.2, 0) is 13.1 Å². The minimum atomic E-state index is 0.461. The van der Waals surface area contributed by atoms with Gasteiger partial charge >= 0.3 is 0 Å². The van der Waals surface area contributed by atoms with Crippen molar-refractivity contribution in [3.8, 4) is 5.75 Å². The van der Waals surface area contributed by atoms with Gasteiger partial charge in [0.05, 0.1) is 30.6 Å². The number of ether oxygens (including phenoxy) is 1. The second-order valence-corrected chi connectivity index (χ2v) is 5.82. The number of hydrogen-bond acceptors (Lipinski definition) is 3. The molecule has 0 atom stereocenters. The molecule has 0 fully saturated rings. The summed E-state index contributed by atoms with van der Waals surface area (Å²) in [6, 6.07) is 6.71. The number of methoxy groups -OCH3 is 1. The first kappa shape index (κ1) is 15.9. The molecule has 1 heterocycles. The Morgan fingerprint density at radius 1 is 1.38 bits per heavy atom. The minimum absolute atomic E-state index is 0.461. The number of rotatable bonds is 6. The van der Waals surface area contributed by atoms with Crippen LogP contribution >= 0.6 is 11.6 Å². The summed E-state index contributed by atoms with van der Waals surface area (Å²) in [5.41, 5.74) is 3.29. The maximum atomic E-state index is 6.06. The van der Waals surface area contributed by atoms with Gasteiger partial charge < -0.3 is 10.1 Å². The van der Waals surface area contributed by atoms with Crippen molar-refractivity contribution < 1.29 is 4.74 Å². The van der Waals surface area contributed by atoms with Crippen molar-refractivity contribution in [2.75, 3.05) is 7.11 Å². The van der Waals surface area contributed by atoms with Crippen LogP contribution in [0, 0.1) is 6.92 Å². The largest absolute Gasteiger partial charge is 0.496 e. The molecule has 5 heteroatoms. The predicted molar refractivity (Wildman–Crippen MR) is 86.0 cm³/mol. The summed E-state index contributed by atoms with van der Waals surface area (Å²) < 4.78 is 7.34. The van der Waals surface area contributed by atoms with Gasteiger partial charge in [-0.05, 0) is 24.6 Å². The van der Waals surface area contributed by atoms with Gasteiger partial charge in [-0.15, -0.1) is 0 Å². The number of nitrogens with one attached hydrogen (secondary N) is 1. The lowest BCUT2D eigenvalue weighted by Gasteiger charge is -2.13. The summed E-state index contributed by atoms with van der Waals surface area (Å²) in [5.74, 6) is 0.870. The molecule has 0 aliphatic rings. The Morgan fingerprint density at radius 3 is 2.71 bits per heavy atom. The van der Waals surface area contributed by atoms with E-state index in [-0.39, 0.29) is 0 Å². The smallest absolute Gasteiger partial charge is 0.123 e. The van der Waals surface area contributed by atoms with E-state index < -0.39 is 0 Å². The molecular formula is C16H22ClN3O. The molecule has 0 radical (unpaired) electrons. The number of aromatic nitrogens is 2. The van der Waals surface area contributed by atoms with Gasteiger partial charge in [-0.25, -0.2) is 0 Å². The molecule has 0 bridgehead atoms. The third-order valence-electron chi connectivity index (χ3n) is 3.42. The van der Waals surface area contributed by atoms with E-state index in [2.05, 4.69) is 36.4 Å². The normalized spacial score (nSPS) is 11.1. The highest BCUT2D eigenvalue weighted by Gasteiger charge is 2.09. The second kappa shape index (κ2) is 6.96. The zero-order valence-electron chi connectivity index (χ0n) is 13.0. The van der Waals surface area contributed by atoms with Gasteiger partial charge in [0.2, 0.25) is 0 Å². The SMILES string of the molecule is COc1ccc(CNC(C)C)cc1Cn1ncc(Cl)c1C. The van der Waals surface area contributed by atoms with Gasteiger partial charge in [-0.2, -0.15) is 5.10 Å². The van der Waals surface area contributed by atoms with Crippen molar-refractivity contribution in [3.05, 3.63) is 46.2 Å². The predicted octanol–water partition coefficient (Wildman–Crippen LogP) is 3.40. The van der Waals surface area contributed by atoms with Crippen molar-refractivity contribution >= 4 is 11.6 Å². The molecule has 0 spiro atoms. The highest BCUT2D eigenvalue weighted by atomic mass is 35.5. The Kier molecular flexibility index (Phi) is 5.26. The van der Waals surface area contributed by atoms with Crippen LogP contribution in [0.2, 0.25) is 5.02 Å². The van der Waals surface area contributed by atoms with Crippen molar-refractivity contribution in [1.29, 1.82) is 0 Å². The number of hydrogen-bond donors (Lipinski definition) is 1. The molecule has 0 saturated heterocycles. The monoisotopic (exact) mass is 307 g/mol. The highest BCUT2D eigenvalue weighted by Crippen LogP contribution is 2.23. The van der Waals surface area contributed by atoms with Crippen LogP contribution in [0.3, 0.4) is 0 Å². The molecule has 2 rings (SSSR count). The van der Waals surface area contributed by atoms with E-state index in [0.29, 0.717) is 17.6 Å². The molecular weight excluding hydrogens is 286 g/mol. The van der Waals surface area contributed by atoms with E-state index in [1.54, 1.807) is 13.3 Å². The Morgan fingerprint density at radius 2 is 2.14 bits per heavy atom. The Balaban J connectivity index is 2.23. The van der Waals surface area contributed by atoms with E-state index in [0.717, 1.165) is 23.6 Å². The summed E-state index contributed by atoms with van der Waals surface area (Å²) >= 11 is 6.06. The van der Waals surface area contributed by atoms with E-state index >= 15 is 0 Å². The van der Waals surface area contributed by atoms with Gasteiger partial charge in [0, 0.05) is 18.2 Å². The Hall–Kier alpha value is -1.52. The maximum absolute atomic E-state index is 6.06. The van der Waals surface area contributed by atoms with Crippen molar-refractivity contribution in [2.45, 2.75) is 39.9 Å². The molecule has 0 unspecified atom stereocenters. The Labute approximate surface area is 131 Å². The maximum Gasteiger partial charge on any atom is 0.123 e. The quantitative estimate of drug-likeness (QED) is 0.889. The van der Waals surface area contributed by atoms with Crippen LogP contribution in [0.25, 0.3) is 0 Å². The molecule has 4 nitrogen and oxygen atoms in total. The van der Waals surface area contributed by atoms with Crippen LogP contribution < -0.4 is 10.1 Å². The summed E-state index contributed by atoms with van der Waals surface area (Å²) in [6.07, 6.45) is 1.67. The van der Waals surface area contributed by atoms with Gasteiger partial charge in [-0.3, -0.25) is 4.68 Å². The van der Waals surface area contributed by atoms with Gasteiger partial charge in [0.25, 0.3) is 0 Å². The fourth-order valence-electron chi connectivity index (χ4n) is 2.13. The zero-order valence-corrected chi connectivity index (χ0v) is 13.7. The second-order valence-electron chi connectivity index (χ2n) is 5.42. The van der Waals surface area contributed by atoms with E-state index in [9.17, 15) is 0 Å². The number of halogens is 1. The molecule has 114 valence electrons. The average Bonchev–Trinajstić information content (AvgIpc) is 2.77. The minimum Gasteiger partial charge on any atom is -0.496 e. The van der Waals surface area contributed by atoms with Crippen molar-refractivity contribution in [3.63, 3.8) is 0 Å². The molecule has 0 amide bonds. The van der Waals surface area contributed by atoms with Crippen LogP contribution in [0.1, 0.15) is 30.7 Å². The standard InChI is InChI=1S/C16H22ClN3O/c1-11(2)18-8-13-5-6-16(21-4)14(7-13)10-20-12(3)15(17)9-19-20/h5-7,9,11,18H,8,10H2,1-4H3. The third kappa shape index (κ3) is 3.99. The van der Waals surface area contributed by atoms with Crippen molar-refractivity contribution in [1.82, 2.24) is 15.1 Å². The lowest BCUT2D eigenvalue weighted by Crippen LogP contribution is -2.21. The molecule has 2 aromatic rings. The summed E-state index contributed by atoms with van der Waals surface area (Å²) in [4.78, 5) is 0. The van der Waals surface area contributed by atoms with Gasteiger partial charge in [0.15, 0.2) is 0 Å². The van der Waals surface area contributed by atoms with E-state index in [1.165, 1.54) is 5.56 Å².